The van der Waals surface area contributed by atoms with Crippen LogP contribution >= 0.6 is 0 Å². The molecular formula is C19H16N6O. The number of benzene rings is 2. The van der Waals surface area contributed by atoms with Crippen LogP contribution in [0.15, 0.2) is 67.4 Å². The highest BCUT2D eigenvalue weighted by Gasteiger charge is 2.10. The first-order valence-corrected chi connectivity index (χ1v) is 8.15. The first kappa shape index (κ1) is 15.7. The summed E-state index contributed by atoms with van der Waals surface area (Å²) in [5, 5.41) is 29.4. The van der Waals surface area contributed by atoms with Gasteiger partial charge >= 0.3 is 0 Å². The van der Waals surface area contributed by atoms with E-state index >= 15 is 0 Å². The van der Waals surface area contributed by atoms with Gasteiger partial charge in [0.05, 0.1) is 23.9 Å². The molecule has 2 aromatic carbocycles. The summed E-state index contributed by atoms with van der Waals surface area (Å²) in [6, 6.07) is 16.9. The normalized spacial score (nSPS) is 10.7. The number of aromatic hydroxyl groups is 1. The molecule has 4 aromatic rings. The fraction of sp³-hybridized carbons (Fsp3) is 0.105. The molecular weight excluding hydrogens is 328 g/mol. The molecule has 0 amide bonds. The number of nitrogens with zero attached hydrogens (tertiary/aromatic N) is 6. The number of aromatic nitrogens is 4. The van der Waals surface area contributed by atoms with Crippen LogP contribution in [0.25, 0.3) is 10.9 Å². The molecule has 0 aliphatic heterocycles. The van der Waals surface area contributed by atoms with E-state index in [1.54, 1.807) is 36.9 Å². The Balaban J connectivity index is 1.61. The molecule has 7 nitrogen and oxygen atoms in total. The lowest BCUT2D eigenvalue weighted by Gasteiger charge is -2.25. The van der Waals surface area contributed by atoms with Gasteiger partial charge in [-0.25, -0.2) is 4.68 Å². The van der Waals surface area contributed by atoms with Gasteiger partial charge in [0.1, 0.15) is 18.4 Å². The Morgan fingerprint density at radius 3 is 2.54 bits per heavy atom. The van der Waals surface area contributed by atoms with Crippen molar-refractivity contribution in [2.45, 2.75) is 6.54 Å². The van der Waals surface area contributed by atoms with E-state index < -0.39 is 0 Å². The van der Waals surface area contributed by atoms with E-state index in [0.29, 0.717) is 12.1 Å². The minimum absolute atomic E-state index is 0.263. The third-order valence-corrected chi connectivity index (χ3v) is 4.29. The Hall–Kier alpha value is -3.79. The van der Waals surface area contributed by atoms with Crippen LogP contribution in [0.5, 0.6) is 5.75 Å². The molecule has 0 saturated carbocycles. The highest BCUT2D eigenvalue weighted by Crippen LogP contribution is 2.22. The van der Waals surface area contributed by atoms with Gasteiger partial charge in [0.2, 0.25) is 0 Å². The van der Waals surface area contributed by atoms with Crippen LogP contribution in [-0.2, 0) is 6.54 Å². The lowest BCUT2D eigenvalue weighted by atomic mass is 10.2. The van der Waals surface area contributed by atoms with Crippen molar-refractivity contribution in [3.63, 3.8) is 0 Å². The van der Waals surface area contributed by atoms with Gasteiger partial charge in [0.25, 0.3) is 0 Å². The van der Waals surface area contributed by atoms with Gasteiger partial charge in [-0.15, -0.1) is 10.2 Å². The zero-order valence-electron chi connectivity index (χ0n) is 13.9. The van der Waals surface area contributed by atoms with Crippen molar-refractivity contribution in [3.8, 4) is 11.8 Å². The minimum Gasteiger partial charge on any atom is -0.508 e. The second-order valence-corrected chi connectivity index (χ2v) is 5.88. The second kappa shape index (κ2) is 6.61. The van der Waals surface area contributed by atoms with E-state index in [1.165, 1.54) is 0 Å². The molecule has 26 heavy (non-hydrogen) atoms. The van der Waals surface area contributed by atoms with Crippen molar-refractivity contribution in [3.05, 3.63) is 72.9 Å². The topological polar surface area (TPSA) is 82.9 Å². The summed E-state index contributed by atoms with van der Waals surface area (Å²) in [6.45, 7) is 1.40. The van der Waals surface area contributed by atoms with Gasteiger partial charge in [-0.05, 0) is 48.5 Å². The summed E-state index contributed by atoms with van der Waals surface area (Å²) in [5.74, 6) is 0.263. The molecule has 0 radical (unpaired) electrons. The molecule has 0 bridgehead atoms. The van der Waals surface area contributed by atoms with Gasteiger partial charge in [-0.2, -0.15) is 5.26 Å². The number of rotatable bonds is 5. The summed E-state index contributed by atoms with van der Waals surface area (Å²) in [6.07, 6.45) is 5.29. The maximum Gasteiger partial charge on any atom is 0.139 e. The average Bonchev–Trinajstić information content (AvgIpc) is 3.32. The SMILES string of the molecule is N#Cc1ccc(N(CCn2ccc3cc(O)ccc32)n2cnnc2)cc1. The fourth-order valence-corrected chi connectivity index (χ4v) is 2.99. The summed E-state index contributed by atoms with van der Waals surface area (Å²) in [5.41, 5.74) is 2.62. The van der Waals surface area contributed by atoms with Crippen LogP contribution in [0.4, 0.5) is 5.69 Å². The number of phenolic OH excluding ortho intramolecular Hbond substituents is 1. The van der Waals surface area contributed by atoms with Crippen molar-refractivity contribution in [1.82, 2.24) is 19.4 Å². The highest BCUT2D eigenvalue weighted by atomic mass is 16.3. The first-order valence-electron chi connectivity index (χ1n) is 8.15. The van der Waals surface area contributed by atoms with Gasteiger partial charge < -0.3 is 9.67 Å². The largest absolute Gasteiger partial charge is 0.508 e. The molecule has 1 N–H and O–H groups in total. The third kappa shape index (κ3) is 2.96. The smallest absolute Gasteiger partial charge is 0.139 e. The van der Waals surface area contributed by atoms with E-state index in [0.717, 1.165) is 23.1 Å². The average molecular weight is 344 g/mol. The van der Waals surface area contributed by atoms with Crippen molar-refractivity contribution >= 4 is 16.6 Å². The van der Waals surface area contributed by atoms with Crippen LogP contribution in [0, 0.1) is 11.3 Å². The summed E-state index contributed by atoms with van der Waals surface area (Å²) >= 11 is 0. The van der Waals surface area contributed by atoms with Crippen molar-refractivity contribution in [1.29, 1.82) is 5.26 Å². The van der Waals surface area contributed by atoms with Gasteiger partial charge in [-0.3, -0.25) is 5.01 Å². The predicted octanol–water partition coefficient (Wildman–Crippen LogP) is 2.78. The molecule has 4 rings (SSSR count). The number of fused-ring (bicyclic) bond motifs is 1. The van der Waals surface area contributed by atoms with Crippen LogP contribution in [0.3, 0.4) is 0 Å². The Morgan fingerprint density at radius 1 is 1.04 bits per heavy atom. The molecule has 0 spiro atoms. The van der Waals surface area contributed by atoms with Crippen LogP contribution in [-0.4, -0.2) is 31.1 Å². The van der Waals surface area contributed by atoms with E-state index in [9.17, 15) is 5.11 Å². The van der Waals surface area contributed by atoms with Gasteiger partial charge in [0, 0.05) is 23.6 Å². The number of phenols is 1. The third-order valence-electron chi connectivity index (χ3n) is 4.29. The van der Waals surface area contributed by atoms with Crippen LogP contribution in [0.1, 0.15) is 5.56 Å². The molecule has 2 heterocycles. The molecule has 128 valence electrons. The van der Waals surface area contributed by atoms with Crippen molar-refractivity contribution in [2.75, 3.05) is 11.6 Å². The Bertz CT molecular complexity index is 1060. The molecule has 0 fully saturated rings. The van der Waals surface area contributed by atoms with E-state index in [4.69, 9.17) is 5.26 Å². The van der Waals surface area contributed by atoms with Crippen molar-refractivity contribution < 1.29 is 5.11 Å². The molecule has 0 unspecified atom stereocenters. The Labute approximate surface area is 149 Å². The monoisotopic (exact) mass is 344 g/mol. The molecule has 0 aliphatic rings. The van der Waals surface area contributed by atoms with Crippen LogP contribution in [0.2, 0.25) is 0 Å². The maximum absolute atomic E-state index is 9.62. The lowest BCUT2D eigenvalue weighted by molar-refractivity contribution is 0.476. The van der Waals surface area contributed by atoms with Gasteiger partial charge in [-0.1, -0.05) is 0 Å². The van der Waals surface area contributed by atoms with Crippen LogP contribution < -0.4 is 5.01 Å². The Morgan fingerprint density at radius 2 is 1.81 bits per heavy atom. The zero-order valence-corrected chi connectivity index (χ0v) is 13.9. The predicted molar refractivity (Wildman–Crippen MR) is 97.5 cm³/mol. The fourth-order valence-electron chi connectivity index (χ4n) is 2.99. The van der Waals surface area contributed by atoms with E-state index in [2.05, 4.69) is 20.8 Å². The zero-order chi connectivity index (χ0) is 17.9. The molecule has 2 aromatic heterocycles. The standard InChI is InChI=1S/C19H16N6O/c20-12-15-1-3-17(4-2-15)25(24-13-21-22-14-24)10-9-23-8-7-16-11-18(26)5-6-19(16)23/h1-8,11,13-14,26H,9-10H2. The number of hydrogen-bond acceptors (Lipinski definition) is 5. The quantitative estimate of drug-likeness (QED) is 0.602. The summed E-state index contributed by atoms with van der Waals surface area (Å²) in [4.78, 5) is 0. The minimum atomic E-state index is 0.263. The number of nitriles is 1. The summed E-state index contributed by atoms with van der Waals surface area (Å²) in [7, 11) is 0. The maximum atomic E-state index is 9.62. The van der Waals surface area contributed by atoms with E-state index in [-0.39, 0.29) is 5.75 Å². The second-order valence-electron chi connectivity index (χ2n) is 5.88. The molecule has 7 heteroatoms. The van der Waals surface area contributed by atoms with E-state index in [1.807, 2.05) is 40.1 Å². The van der Waals surface area contributed by atoms with Crippen molar-refractivity contribution in [2.24, 2.45) is 0 Å². The van der Waals surface area contributed by atoms with Gasteiger partial charge in [0.15, 0.2) is 0 Å². The summed E-state index contributed by atoms with van der Waals surface area (Å²) < 4.78 is 3.95. The highest BCUT2D eigenvalue weighted by molar-refractivity contribution is 5.81. The number of anilines is 1. The number of hydrogen-bond donors (Lipinski definition) is 1. The molecule has 0 aliphatic carbocycles. The first-order chi connectivity index (χ1) is 12.7. The Kier molecular flexibility index (Phi) is 4.00. The lowest BCUT2D eigenvalue weighted by Crippen LogP contribution is -2.31. The molecule has 0 saturated heterocycles. The molecule has 0 atom stereocenters.